The van der Waals surface area contributed by atoms with E-state index in [-0.39, 0.29) is 11.9 Å². The first kappa shape index (κ1) is 19.5. The summed E-state index contributed by atoms with van der Waals surface area (Å²) in [6, 6.07) is 17.4. The first-order valence-corrected chi connectivity index (χ1v) is 9.90. The summed E-state index contributed by atoms with van der Waals surface area (Å²) in [4.78, 5) is 12.5. The second-order valence-electron chi connectivity index (χ2n) is 8.58. The van der Waals surface area contributed by atoms with Crippen molar-refractivity contribution >= 4 is 5.97 Å². The van der Waals surface area contributed by atoms with E-state index in [0.717, 1.165) is 42.7 Å². The van der Waals surface area contributed by atoms with Gasteiger partial charge in [-0.1, -0.05) is 51.1 Å². The number of para-hydroxylation sites is 1. The summed E-state index contributed by atoms with van der Waals surface area (Å²) in [6.45, 7) is 7.17. The Balaban J connectivity index is 1.50. The molecule has 27 heavy (non-hydrogen) atoms. The lowest BCUT2D eigenvalue weighted by molar-refractivity contribution is -0.151. The van der Waals surface area contributed by atoms with Crippen molar-refractivity contribution in [3.05, 3.63) is 60.2 Å². The Hall–Kier alpha value is -2.29. The fraction of sp³-hybridized carbons (Fsp3) is 0.458. The van der Waals surface area contributed by atoms with Gasteiger partial charge in [-0.2, -0.15) is 0 Å². The van der Waals surface area contributed by atoms with Crippen molar-refractivity contribution in [3.63, 3.8) is 0 Å². The minimum atomic E-state index is -0.0586. The number of carbonyl (C=O) groups is 1. The molecule has 3 rings (SSSR count). The van der Waals surface area contributed by atoms with E-state index in [1.54, 1.807) is 0 Å². The van der Waals surface area contributed by atoms with E-state index in [2.05, 4.69) is 20.8 Å². The van der Waals surface area contributed by atoms with Crippen molar-refractivity contribution in [2.45, 2.75) is 53.1 Å². The molecule has 0 aromatic heterocycles. The summed E-state index contributed by atoms with van der Waals surface area (Å²) < 4.78 is 11.4. The standard InChI is InChI=1S/C24H30O3/c1-24(2,3)20-14-12-19(13-15-20)23(25)26-17-18-8-7-11-22(16-18)27-21-9-5-4-6-10-21/h4-11,16,19-20H,12-15,17H2,1-3H3. The molecule has 1 saturated carbocycles. The maximum Gasteiger partial charge on any atom is 0.309 e. The van der Waals surface area contributed by atoms with Gasteiger partial charge >= 0.3 is 5.97 Å². The van der Waals surface area contributed by atoms with Crippen LogP contribution in [0.25, 0.3) is 0 Å². The average Bonchev–Trinajstić information content (AvgIpc) is 2.67. The van der Waals surface area contributed by atoms with Crippen LogP contribution in [0.4, 0.5) is 0 Å². The third kappa shape index (κ3) is 5.59. The van der Waals surface area contributed by atoms with E-state index in [1.165, 1.54) is 0 Å². The van der Waals surface area contributed by atoms with Crippen LogP contribution >= 0.6 is 0 Å². The number of esters is 1. The summed E-state index contributed by atoms with van der Waals surface area (Å²) in [5, 5.41) is 0. The Labute approximate surface area is 162 Å². The number of hydrogen-bond acceptors (Lipinski definition) is 3. The van der Waals surface area contributed by atoms with Crippen LogP contribution in [-0.4, -0.2) is 5.97 Å². The van der Waals surface area contributed by atoms with E-state index >= 15 is 0 Å². The van der Waals surface area contributed by atoms with Crippen molar-refractivity contribution in [2.75, 3.05) is 0 Å². The minimum Gasteiger partial charge on any atom is -0.461 e. The van der Waals surface area contributed by atoms with E-state index in [0.29, 0.717) is 17.9 Å². The predicted molar refractivity (Wildman–Crippen MR) is 108 cm³/mol. The number of ether oxygens (including phenoxy) is 2. The van der Waals surface area contributed by atoms with Gasteiger partial charge in [0.1, 0.15) is 18.1 Å². The normalized spacial score (nSPS) is 20.1. The van der Waals surface area contributed by atoms with Gasteiger partial charge in [-0.05, 0) is 66.8 Å². The Morgan fingerprint density at radius 1 is 0.926 bits per heavy atom. The van der Waals surface area contributed by atoms with Crippen LogP contribution in [0.1, 0.15) is 52.0 Å². The van der Waals surface area contributed by atoms with Gasteiger partial charge in [0, 0.05) is 0 Å². The Morgan fingerprint density at radius 3 is 2.26 bits per heavy atom. The lowest BCUT2D eigenvalue weighted by atomic mass is 9.70. The number of rotatable bonds is 5. The largest absolute Gasteiger partial charge is 0.461 e. The van der Waals surface area contributed by atoms with Crippen LogP contribution in [0.5, 0.6) is 11.5 Å². The molecule has 0 heterocycles. The first-order valence-electron chi connectivity index (χ1n) is 9.90. The van der Waals surface area contributed by atoms with Crippen LogP contribution in [0.3, 0.4) is 0 Å². The molecule has 0 saturated heterocycles. The molecule has 1 fully saturated rings. The van der Waals surface area contributed by atoms with Gasteiger partial charge in [0.2, 0.25) is 0 Å². The molecule has 0 atom stereocenters. The molecule has 1 aliphatic carbocycles. The summed E-state index contributed by atoms with van der Waals surface area (Å²) in [7, 11) is 0. The van der Waals surface area contributed by atoms with E-state index in [1.807, 2.05) is 54.6 Å². The highest BCUT2D eigenvalue weighted by molar-refractivity contribution is 5.72. The third-order valence-electron chi connectivity index (χ3n) is 5.54. The highest BCUT2D eigenvalue weighted by atomic mass is 16.5. The number of carbonyl (C=O) groups excluding carboxylic acids is 1. The van der Waals surface area contributed by atoms with Crippen LogP contribution in [0.15, 0.2) is 54.6 Å². The summed E-state index contributed by atoms with van der Waals surface area (Å²) in [5.41, 5.74) is 1.27. The molecule has 3 nitrogen and oxygen atoms in total. The lowest BCUT2D eigenvalue weighted by Crippen LogP contribution is -2.29. The van der Waals surface area contributed by atoms with Gasteiger partial charge in [0.25, 0.3) is 0 Å². The molecule has 0 spiro atoms. The molecule has 0 unspecified atom stereocenters. The van der Waals surface area contributed by atoms with Gasteiger partial charge in [-0.25, -0.2) is 0 Å². The van der Waals surface area contributed by atoms with Crippen molar-refractivity contribution < 1.29 is 14.3 Å². The molecule has 2 aromatic rings. The van der Waals surface area contributed by atoms with Gasteiger partial charge < -0.3 is 9.47 Å². The highest BCUT2D eigenvalue weighted by Crippen LogP contribution is 2.40. The maximum atomic E-state index is 12.5. The topological polar surface area (TPSA) is 35.5 Å². The van der Waals surface area contributed by atoms with Gasteiger partial charge in [-0.3, -0.25) is 4.79 Å². The molecule has 0 amide bonds. The molecule has 0 aliphatic heterocycles. The minimum absolute atomic E-state index is 0.0485. The zero-order chi connectivity index (χ0) is 19.3. The summed E-state index contributed by atoms with van der Waals surface area (Å²) >= 11 is 0. The molecule has 0 bridgehead atoms. The number of hydrogen-bond donors (Lipinski definition) is 0. The Bertz CT molecular complexity index is 738. The molecule has 3 heteroatoms. The Morgan fingerprint density at radius 2 is 1.59 bits per heavy atom. The van der Waals surface area contributed by atoms with Gasteiger partial charge in [-0.15, -0.1) is 0 Å². The van der Waals surface area contributed by atoms with Gasteiger partial charge in [0.05, 0.1) is 5.92 Å². The van der Waals surface area contributed by atoms with E-state index < -0.39 is 0 Å². The fourth-order valence-electron chi connectivity index (χ4n) is 3.79. The SMILES string of the molecule is CC(C)(C)C1CCC(C(=O)OCc2cccc(Oc3ccccc3)c2)CC1. The smallest absolute Gasteiger partial charge is 0.309 e. The van der Waals surface area contributed by atoms with E-state index in [9.17, 15) is 4.79 Å². The predicted octanol–water partition coefficient (Wildman–Crippen LogP) is 6.37. The molecular weight excluding hydrogens is 336 g/mol. The van der Waals surface area contributed by atoms with Crippen molar-refractivity contribution in [1.82, 2.24) is 0 Å². The third-order valence-corrected chi connectivity index (χ3v) is 5.54. The zero-order valence-corrected chi connectivity index (χ0v) is 16.6. The second kappa shape index (κ2) is 8.60. The lowest BCUT2D eigenvalue weighted by Gasteiger charge is -2.36. The summed E-state index contributed by atoms with van der Waals surface area (Å²) in [5.74, 6) is 2.24. The van der Waals surface area contributed by atoms with Gasteiger partial charge in [0.15, 0.2) is 0 Å². The zero-order valence-electron chi connectivity index (χ0n) is 16.6. The van der Waals surface area contributed by atoms with Crippen LogP contribution in [0.2, 0.25) is 0 Å². The van der Waals surface area contributed by atoms with Crippen LogP contribution in [-0.2, 0) is 16.1 Å². The molecule has 0 radical (unpaired) electrons. The van der Waals surface area contributed by atoms with Crippen molar-refractivity contribution in [2.24, 2.45) is 17.3 Å². The Kier molecular flexibility index (Phi) is 6.20. The van der Waals surface area contributed by atoms with Crippen LogP contribution < -0.4 is 4.74 Å². The maximum absolute atomic E-state index is 12.5. The average molecular weight is 367 g/mol. The van der Waals surface area contributed by atoms with Crippen LogP contribution in [0, 0.1) is 17.3 Å². The second-order valence-corrected chi connectivity index (χ2v) is 8.58. The summed E-state index contributed by atoms with van der Waals surface area (Å²) in [6.07, 6.45) is 4.11. The first-order chi connectivity index (χ1) is 12.9. The molecule has 144 valence electrons. The quantitative estimate of drug-likeness (QED) is 0.576. The molecular formula is C24H30O3. The van der Waals surface area contributed by atoms with E-state index in [4.69, 9.17) is 9.47 Å². The number of benzene rings is 2. The highest BCUT2D eigenvalue weighted by Gasteiger charge is 2.32. The van der Waals surface area contributed by atoms with Crippen molar-refractivity contribution in [1.29, 1.82) is 0 Å². The monoisotopic (exact) mass is 366 g/mol. The molecule has 0 N–H and O–H groups in total. The fourth-order valence-corrected chi connectivity index (χ4v) is 3.79. The van der Waals surface area contributed by atoms with Crippen molar-refractivity contribution in [3.8, 4) is 11.5 Å². The molecule has 2 aromatic carbocycles. The molecule has 1 aliphatic rings.